The summed E-state index contributed by atoms with van der Waals surface area (Å²) in [5.74, 6) is 0.692. The molecule has 1 N–H and O–H groups in total. The van der Waals surface area contributed by atoms with Gasteiger partial charge in [0.15, 0.2) is 11.5 Å². The lowest BCUT2D eigenvalue weighted by molar-refractivity contribution is 0.561. The minimum atomic E-state index is 0.239. The summed E-state index contributed by atoms with van der Waals surface area (Å²) in [4.78, 5) is 9.63. The summed E-state index contributed by atoms with van der Waals surface area (Å²) in [5, 5.41) is 3.43. The smallest absolute Gasteiger partial charge is 0.192 e. The van der Waals surface area contributed by atoms with Crippen LogP contribution in [0.1, 0.15) is 23.7 Å². The molecule has 0 saturated carbocycles. The van der Waals surface area contributed by atoms with Gasteiger partial charge in [-0.15, -0.1) is 11.3 Å². The number of aromatic nitrogens is 2. The quantitative estimate of drug-likeness (QED) is 0.778. The van der Waals surface area contributed by atoms with E-state index in [1.165, 1.54) is 4.88 Å². The summed E-state index contributed by atoms with van der Waals surface area (Å²) < 4.78 is 5.45. The van der Waals surface area contributed by atoms with Crippen molar-refractivity contribution in [2.24, 2.45) is 0 Å². The Labute approximate surface area is 109 Å². The first-order valence-electron chi connectivity index (χ1n) is 5.74. The van der Waals surface area contributed by atoms with Crippen LogP contribution in [0.5, 0.6) is 0 Å². The Balaban J connectivity index is 1.86. The van der Waals surface area contributed by atoms with Crippen molar-refractivity contribution in [3.63, 3.8) is 0 Å². The predicted octanol–water partition coefficient (Wildman–Crippen LogP) is 3.77. The number of oxazole rings is 1. The molecule has 0 radical (unpaired) electrons. The maximum atomic E-state index is 5.45. The SMILES string of the molecule is Cc1nc2cc(NC(C)c3cncs3)ccc2o1. The largest absolute Gasteiger partial charge is 0.441 e. The molecule has 3 aromatic rings. The van der Waals surface area contributed by atoms with E-state index < -0.39 is 0 Å². The minimum absolute atomic E-state index is 0.239. The molecule has 0 spiro atoms. The molecular formula is C13H13N3OS. The predicted molar refractivity (Wildman–Crippen MR) is 72.9 cm³/mol. The van der Waals surface area contributed by atoms with Crippen LogP contribution in [-0.2, 0) is 0 Å². The van der Waals surface area contributed by atoms with Gasteiger partial charge in [0.2, 0.25) is 0 Å². The second kappa shape index (κ2) is 4.42. The summed E-state index contributed by atoms with van der Waals surface area (Å²) in [6.07, 6.45) is 1.89. The van der Waals surface area contributed by atoms with Crippen molar-refractivity contribution in [2.75, 3.05) is 5.32 Å². The number of rotatable bonds is 3. The molecule has 3 rings (SSSR count). The van der Waals surface area contributed by atoms with E-state index in [-0.39, 0.29) is 6.04 Å². The van der Waals surface area contributed by atoms with Gasteiger partial charge in [0.25, 0.3) is 0 Å². The Morgan fingerprint density at radius 3 is 3.06 bits per heavy atom. The summed E-state index contributed by atoms with van der Waals surface area (Å²) >= 11 is 1.65. The van der Waals surface area contributed by atoms with Gasteiger partial charge in [0.05, 0.1) is 11.6 Å². The molecule has 0 amide bonds. The van der Waals surface area contributed by atoms with E-state index >= 15 is 0 Å². The summed E-state index contributed by atoms with van der Waals surface area (Å²) in [7, 11) is 0. The van der Waals surface area contributed by atoms with E-state index in [1.807, 2.05) is 36.8 Å². The van der Waals surface area contributed by atoms with Crippen LogP contribution in [-0.4, -0.2) is 9.97 Å². The van der Waals surface area contributed by atoms with Gasteiger partial charge in [0, 0.05) is 23.7 Å². The van der Waals surface area contributed by atoms with Gasteiger partial charge in [-0.2, -0.15) is 0 Å². The van der Waals surface area contributed by atoms with E-state index in [2.05, 4.69) is 22.2 Å². The topological polar surface area (TPSA) is 51.0 Å². The van der Waals surface area contributed by atoms with Crippen molar-refractivity contribution >= 4 is 28.1 Å². The Morgan fingerprint density at radius 2 is 2.28 bits per heavy atom. The maximum Gasteiger partial charge on any atom is 0.192 e. The number of aryl methyl sites for hydroxylation is 1. The lowest BCUT2D eigenvalue weighted by Gasteiger charge is -2.12. The molecule has 0 bridgehead atoms. The number of thiazole rings is 1. The first-order chi connectivity index (χ1) is 8.72. The van der Waals surface area contributed by atoms with E-state index in [1.54, 1.807) is 11.3 Å². The average molecular weight is 259 g/mol. The highest BCUT2D eigenvalue weighted by atomic mass is 32.1. The van der Waals surface area contributed by atoms with Gasteiger partial charge in [-0.25, -0.2) is 4.98 Å². The Kier molecular flexibility index (Phi) is 2.76. The highest BCUT2D eigenvalue weighted by Gasteiger charge is 2.08. The summed E-state index contributed by atoms with van der Waals surface area (Å²) in [6, 6.07) is 6.19. The number of nitrogens with zero attached hydrogens (tertiary/aromatic N) is 2. The van der Waals surface area contributed by atoms with Crippen LogP contribution >= 0.6 is 11.3 Å². The third-order valence-corrected chi connectivity index (χ3v) is 3.71. The van der Waals surface area contributed by atoms with Crippen LogP contribution in [0.3, 0.4) is 0 Å². The van der Waals surface area contributed by atoms with E-state index in [9.17, 15) is 0 Å². The van der Waals surface area contributed by atoms with Gasteiger partial charge in [0.1, 0.15) is 5.52 Å². The van der Waals surface area contributed by atoms with Gasteiger partial charge in [-0.1, -0.05) is 0 Å². The van der Waals surface area contributed by atoms with Crippen LogP contribution in [0.25, 0.3) is 11.1 Å². The van der Waals surface area contributed by atoms with Gasteiger partial charge in [-0.05, 0) is 25.1 Å². The Bertz CT molecular complexity index is 660. The molecule has 0 aliphatic carbocycles. The first-order valence-corrected chi connectivity index (χ1v) is 6.62. The monoisotopic (exact) mass is 259 g/mol. The van der Waals surface area contributed by atoms with Crippen molar-refractivity contribution in [1.82, 2.24) is 9.97 Å². The third kappa shape index (κ3) is 2.09. The average Bonchev–Trinajstić information content (AvgIpc) is 2.95. The van der Waals surface area contributed by atoms with Crippen molar-refractivity contribution < 1.29 is 4.42 Å². The van der Waals surface area contributed by atoms with Crippen LogP contribution in [0.2, 0.25) is 0 Å². The van der Waals surface area contributed by atoms with E-state index in [4.69, 9.17) is 4.42 Å². The zero-order chi connectivity index (χ0) is 12.5. The molecule has 92 valence electrons. The number of nitrogens with one attached hydrogen (secondary N) is 1. The molecular weight excluding hydrogens is 246 g/mol. The highest BCUT2D eigenvalue weighted by Crippen LogP contribution is 2.25. The van der Waals surface area contributed by atoms with Gasteiger partial charge < -0.3 is 9.73 Å². The van der Waals surface area contributed by atoms with Crippen LogP contribution in [0.15, 0.2) is 34.3 Å². The molecule has 0 aliphatic heterocycles. The number of fused-ring (bicyclic) bond motifs is 1. The molecule has 1 aromatic carbocycles. The van der Waals surface area contributed by atoms with Gasteiger partial charge >= 0.3 is 0 Å². The van der Waals surface area contributed by atoms with Crippen molar-refractivity contribution in [2.45, 2.75) is 19.9 Å². The Hall–Kier alpha value is -1.88. The van der Waals surface area contributed by atoms with Crippen molar-refractivity contribution in [1.29, 1.82) is 0 Å². The zero-order valence-corrected chi connectivity index (χ0v) is 11.0. The summed E-state index contributed by atoms with van der Waals surface area (Å²) in [6.45, 7) is 3.97. The van der Waals surface area contributed by atoms with Gasteiger partial charge in [-0.3, -0.25) is 4.98 Å². The lowest BCUT2D eigenvalue weighted by atomic mass is 10.2. The fourth-order valence-electron chi connectivity index (χ4n) is 1.89. The second-order valence-corrected chi connectivity index (χ2v) is 5.10. The second-order valence-electron chi connectivity index (χ2n) is 4.19. The molecule has 0 fully saturated rings. The third-order valence-electron chi connectivity index (χ3n) is 2.76. The lowest BCUT2D eigenvalue weighted by Crippen LogP contribution is -2.04. The van der Waals surface area contributed by atoms with Crippen molar-refractivity contribution in [3.05, 3.63) is 40.7 Å². The molecule has 1 atom stereocenters. The Morgan fingerprint density at radius 1 is 1.39 bits per heavy atom. The molecule has 0 saturated heterocycles. The number of hydrogen-bond donors (Lipinski definition) is 1. The number of benzene rings is 1. The number of hydrogen-bond acceptors (Lipinski definition) is 5. The molecule has 18 heavy (non-hydrogen) atoms. The summed E-state index contributed by atoms with van der Waals surface area (Å²) in [5.41, 5.74) is 4.59. The molecule has 2 heterocycles. The highest BCUT2D eigenvalue weighted by molar-refractivity contribution is 7.09. The molecule has 5 heteroatoms. The molecule has 2 aromatic heterocycles. The molecule has 4 nitrogen and oxygen atoms in total. The van der Waals surface area contributed by atoms with Crippen LogP contribution < -0.4 is 5.32 Å². The standard InChI is InChI=1S/C13H13N3OS/c1-8(13-6-14-7-18-13)15-10-3-4-12-11(5-10)16-9(2)17-12/h3-8,15H,1-2H3. The first kappa shape index (κ1) is 11.2. The van der Waals surface area contributed by atoms with Crippen LogP contribution in [0, 0.1) is 6.92 Å². The van der Waals surface area contributed by atoms with E-state index in [0.717, 1.165) is 16.8 Å². The fraction of sp³-hybridized carbons (Fsp3) is 0.231. The fourth-order valence-corrected chi connectivity index (χ4v) is 2.52. The minimum Gasteiger partial charge on any atom is -0.441 e. The normalized spacial score (nSPS) is 12.8. The molecule has 0 aliphatic rings. The van der Waals surface area contributed by atoms with Crippen molar-refractivity contribution in [3.8, 4) is 0 Å². The molecule has 1 unspecified atom stereocenters. The number of anilines is 1. The van der Waals surface area contributed by atoms with Crippen LogP contribution in [0.4, 0.5) is 5.69 Å². The maximum absolute atomic E-state index is 5.45. The van der Waals surface area contributed by atoms with E-state index in [0.29, 0.717) is 5.89 Å². The zero-order valence-electron chi connectivity index (χ0n) is 10.2.